The van der Waals surface area contributed by atoms with Gasteiger partial charge in [-0.1, -0.05) is 26.3 Å². The number of nitrogens with one attached hydrogen (secondary N) is 2. The molecule has 20 heavy (non-hydrogen) atoms. The van der Waals surface area contributed by atoms with Gasteiger partial charge in [0.1, 0.15) is 6.04 Å². The maximum atomic E-state index is 11.8. The number of carbonyl (C=O) groups is 2. The molecule has 2 unspecified atom stereocenters. The molecule has 0 saturated heterocycles. The van der Waals surface area contributed by atoms with Crippen LogP contribution in [-0.4, -0.2) is 23.1 Å². The second kappa shape index (κ2) is 7.14. The Bertz CT molecular complexity index is 537. The SMILES string of the molecule is CCC(C)C(NC(=O)Nc1cccc(C#N)c1)C(=O)O. The van der Waals surface area contributed by atoms with Gasteiger partial charge < -0.3 is 15.7 Å². The highest BCUT2D eigenvalue weighted by atomic mass is 16.4. The number of carboxylic acids is 1. The first-order chi connectivity index (χ1) is 9.47. The molecular formula is C14H17N3O3. The van der Waals surface area contributed by atoms with Gasteiger partial charge in [0.2, 0.25) is 0 Å². The van der Waals surface area contributed by atoms with Crippen molar-refractivity contribution in [2.45, 2.75) is 26.3 Å². The molecule has 0 spiro atoms. The Morgan fingerprint density at radius 1 is 1.45 bits per heavy atom. The van der Waals surface area contributed by atoms with E-state index in [4.69, 9.17) is 10.4 Å². The maximum absolute atomic E-state index is 11.8. The highest BCUT2D eigenvalue weighted by Gasteiger charge is 2.25. The van der Waals surface area contributed by atoms with Gasteiger partial charge >= 0.3 is 12.0 Å². The molecule has 0 saturated carbocycles. The van der Waals surface area contributed by atoms with E-state index in [9.17, 15) is 9.59 Å². The lowest BCUT2D eigenvalue weighted by atomic mass is 9.99. The molecule has 0 heterocycles. The van der Waals surface area contributed by atoms with Crippen molar-refractivity contribution in [3.63, 3.8) is 0 Å². The number of urea groups is 1. The summed E-state index contributed by atoms with van der Waals surface area (Å²) in [5.41, 5.74) is 0.856. The number of anilines is 1. The van der Waals surface area contributed by atoms with E-state index in [0.717, 1.165) is 0 Å². The third kappa shape index (κ3) is 4.28. The van der Waals surface area contributed by atoms with Gasteiger partial charge in [0.05, 0.1) is 11.6 Å². The molecule has 1 rings (SSSR count). The maximum Gasteiger partial charge on any atom is 0.326 e. The zero-order valence-electron chi connectivity index (χ0n) is 11.4. The number of rotatable bonds is 5. The summed E-state index contributed by atoms with van der Waals surface area (Å²) in [6.07, 6.45) is 0.640. The number of nitriles is 1. The van der Waals surface area contributed by atoms with Crippen molar-refractivity contribution in [3.05, 3.63) is 29.8 Å². The van der Waals surface area contributed by atoms with Gasteiger partial charge in [-0.3, -0.25) is 0 Å². The van der Waals surface area contributed by atoms with Crippen LogP contribution < -0.4 is 10.6 Å². The van der Waals surface area contributed by atoms with Crippen LogP contribution in [0.5, 0.6) is 0 Å². The number of nitrogens with zero attached hydrogens (tertiary/aromatic N) is 1. The first-order valence-electron chi connectivity index (χ1n) is 6.28. The first-order valence-corrected chi connectivity index (χ1v) is 6.28. The van der Waals surface area contributed by atoms with E-state index in [1.54, 1.807) is 25.1 Å². The predicted octanol–water partition coefficient (Wildman–Crippen LogP) is 2.18. The van der Waals surface area contributed by atoms with Gasteiger partial charge in [0, 0.05) is 5.69 Å². The van der Waals surface area contributed by atoms with E-state index in [2.05, 4.69) is 10.6 Å². The van der Waals surface area contributed by atoms with Gasteiger partial charge in [-0.05, 0) is 24.1 Å². The first kappa shape index (κ1) is 15.5. The van der Waals surface area contributed by atoms with Crippen molar-refractivity contribution < 1.29 is 14.7 Å². The van der Waals surface area contributed by atoms with Crippen molar-refractivity contribution >= 4 is 17.7 Å². The normalized spacial score (nSPS) is 12.8. The molecule has 0 aliphatic rings. The molecule has 0 aliphatic carbocycles. The number of amides is 2. The largest absolute Gasteiger partial charge is 0.480 e. The molecule has 2 amide bonds. The molecule has 0 radical (unpaired) electrons. The Balaban J connectivity index is 2.71. The van der Waals surface area contributed by atoms with Crippen molar-refractivity contribution in [2.24, 2.45) is 5.92 Å². The number of hydrogen-bond donors (Lipinski definition) is 3. The van der Waals surface area contributed by atoms with Crippen molar-refractivity contribution in [2.75, 3.05) is 5.32 Å². The molecule has 0 aromatic heterocycles. The average molecular weight is 275 g/mol. The quantitative estimate of drug-likeness (QED) is 0.766. The number of carboxylic acid groups (broad SMARTS) is 1. The lowest BCUT2D eigenvalue weighted by Crippen LogP contribution is -2.46. The monoisotopic (exact) mass is 275 g/mol. The summed E-state index contributed by atoms with van der Waals surface area (Å²) in [5.74, 6) is -1.25. The second-order valence-electron chi connectivity index (χ2n) is 4.49. The molecule has 2 atom stereocenters. The van der Waals surface area contributed by atoms with E-state index in [0.29, 0.717) is 17.7 Å². The summed E-state index contributed by atoms with van der Waals surface area (Å²) in [6, 6.07) is 6.80. The van der Waals surface area contributed by atoms with Crippen molar-refractivity contribution in [1.82, 2.24) is 5.32 Å². The molecule has 6 heteroatoms. The highest BCUT2D eigenvalue weighted by molar-refractivity contribution is 5.92. The molecule has 1 aromatic rings. The van der Waals surface area contributed by atoms with Gasteiger partial charge in [-0.25, -0.2) is 9.59 Å². The highest BCUT2D eigenvalue weighted by Crippen LogP contribution is 2.11. The summed E-state index contributed by atoms with van der Waals surface area (Å²) in [4.78, 5) is 22.9. The fourth-order valence-electron chi connectivity index (χ4n) is 1.66. The van der Waals surface area contributed by atoms with Crippen molar-refractivity contribution in [3.8, 4) is 6.07 Å². The number of hydrogen-bond acceptors (Lipinski definition) is 3. The van der Waals surface area contributed by atoms with Gasteiger partial charge in [0.15, 0.2) is 0 Å². The van der Waals surface area contributed by atoms with E-state index < -0.39 is 18.0 Å². The van der Waals surface area contributed by atoms with Crippen LogP contribution in [0.25, 0.3) is 0 Å². The van der Waals surface area contributed by atoms with Gasteiger partial charge in [-0.2, -0.15) is 5.26 Å². The summed E-state index contributed by atoms with van der Waals surface area (Å²) >= 11 is 0. The second-order valence-corrected chi connectivity index (χ2v) is 4.49. The fraction of sp³-hybridized carbons (Fsp3) is 0.357. The molecular weight excluding hydrogens is 258 g/mol. The van der Waals surface area contributed by atoms with Crippen LogP contribution in [0.3, 0.4) is 0 Å². The van der Waals surface area contributed by atoms with Crippen LogP contribution >= 0.6 is 0 Å². The van der Waals surface area contributed by atoms with Crippen LogP contribution in [0, 0.1) is 17.2 Å². The number of carbonyl (C=O) groups excluding carboxylic acids is 1. The van der Waals surface area contributed by atoms with Gasteiger partial charge in [-0.15, -0.1) is 0 Å². The van der Waals surface area contributed by atoms with Crippen molar-refractivity contribution in [1.29, 1.82) is 5.26 Å². The Hall–Kier alpha value is -2.55. The molecule has 6 nitrogen and oxygen atoms in total. The van der Waals surface area contributed by atoms with E-state index in [1.807, 2.05) is 13.0 Å². The summed E-state index contributed by atoms with van der Waals surface area (Å²) < 4.78 is 0. The van der Waals surface area contributed by atoms with E-state index >= 15 is 0 Å². The number of aliphatic carboxylic acids is 1. The topological polar surface area (TPSA) is 102 Å². The third-order valence-electron chi connectivity index (χ3n) is 3.02. The lowest BCUT2D eigenvalue weighted by molar-refractivity contribution is -0.140. The van der Waals surface area contributed by atoms with Crippen LogP contribution in [0.15, 0.2) is 24.3 Å². The third-order valence-corrected chi connectivity index (χ3v) is 3.02. The zero-order valence-corrected chi connectivity index (χ0v) is 11.4. The summed E-state index contributed by atoms with van der Waals surface area (Å²) in [6.45, 7) is 3.62. The minimum atomic E-state index is -1.07. The molecule has 1 aromatic carbocycles. The molecule has 3 N–H and O–H groups in total. The molecule has 0 bridgehead atoms. The van der Waals surface area contributed by atoms with E-state index in [-0.39, 0.29) is 5.92 Å². The summed E-state index contributed by atoms with van der Waals surface area (Å²) in [7, 11) is 0. The standard InChI is InChI=1S/C14H17N3O3/c1-3-9(2)12(13(18)19)17-14(20)16-11-6-4-5-10(7-11)8-15/h4-7,9,12H,3H2,1-2H3,(H,18,19)(H2,16,17,20). The van der Waals surface area contributed by atoms with Gasteiger partial charge in [0.25, 0.3) is 0 Å². The van der Waals surface area contributed by atoms with Crippen LogP contribution in [0.2, 0.25) is 0 Å². The number of benzene rings is 1. The van der Waals surface area contributed by atoms with Crippen LogP contribution in [0.4, 0.5) is 10.5 Å². The predicted molar refractivity (Wildman–Crippen MR) is 74.2 cm³/mol. The minimum absolute atomic E-state index is 0.177. The van der Waals surface area contributed by atoms with Crippen LogP contribution in [-0.2, 0) is 4.79 Å². The lowest BCUT2D eigenvalue weighted by Gasteiger charge is -2.20. The van der Waals surface area contributed by atoms with E-state index in [1.165, 1.54) is 6.07 Å². The molecule has 0 fully saturated rings. The fourth-order valence-corrected chi connectivity index (χ4v) is 1.66. The molecule has 0 aliphatic heterocycles. The average Bonchev–Trinajstić information content (AvgIpc) is 2.43. The molecule has 106 valence electrons. The summed E-state index contributed by atoms with van der Waals surface area (Å²) in [5, 5.41) is 22.8. The Morgan fingerprint density at radius 2 is 2.15 bits per heavy atom. The smallest absolute Gasteiger partial charge is 0.326 e. The Kier molecular flexibility index (Phi) is 5.54. The Labute approximate surface area is 117 Å². The Morgan fingerprint density at radius 3 is 2.70 bits per heavy atom. The zero-order chi connectivity index (χ0) is 15.1. The van der Waals surface area contributed by atoms with Crippen LogP contribution in [0.1, 0.15) is 25.8 Å². The minimum Gasteiger partial charge on any atom is -0.480 e.